The summed E-state index contributed by atoms with van der Waals surface area (Å²) in [6.45, 7) is 3.48. The summed E-state index contributed by atoms with van der Waals surface area (Å²) >= 11 is 0. The summed E-state index contributed by atoms with van der Waals surface area (Å²) in [5.74, 6) is 1.40. The second kappa shape index (κ2) is 6.55. The van der Waals surface area contributed by atoms with E-state index >= 15 is 0 Å². The summed E-state index contributed by atoms with van der Waals surface area (Å²) in [5.41, 5.74) is 0.133. The molecule has 1 spiro atoms. The number of piperidine rings is 1. The number of hydrogen-bond donors (Lipinski definition) is 0. The van der Waals surface area contributed by atoms with Gasteiger partial charge in [0.25, 0.3) is 0 Å². The number of aromatic nitrogens is 3. The van der Waals surface area contributed by atoms with Gasteiger partial charge in [-0.15, -0.1) is 0 Å². The lowest BCUT2D eigenvalue weighted by Gasteiger charge is -2.58. The van der Waals surface area contributed by atoms with E-state index in [4.69, 9.17) is 4.74 Å². The molecule has 2 aliphatic rings. The van der Waals surface area contributed by atoms with Crippen molar-refractivity contribution in [3.63, 3.8) is 0 Å². The molecule has 25 heavy (non-hydrogen) atoms. The average molecular weight is 343 g/mol. The van der Waals surface area contributed by atoms with Crippen LogP contribution < -0.4 is 9.64 Å². The Morgan fingerprint density at radius 3 is 2.76 bits per heavy atom. The van der Waals surface area contributed by atoms with Gasteiger partial charge in [-0.05, 0) is 38.4 Å². The van der Waals surface area contributed by atoms with E-state index in [1.165, 1.54) is 12.4 Å². The number of hydrogen-bond acceptors (Lipinski definition) is 6. The molecular formula is C18H22FN5O. The van der Waals surface area contributed by atoms with Crippen molar-refractivity contribution >= 4 is 5.95 Å². The minimum Gasteiger partial charge on any atom is -0.477 e. The average Bonchev–Trinajstić information content (AvgIpc) is 2.61. The molecule has 0 saturated carbocycles. The van der Waals surface area contributed by atoms with E-state index in [9.17, 15) is 4.39 Å². The Labute approximate surface area is 146 Å². The molecule has 4 rings (SSSR count). The fraction of sp³-hybridized carbons (Fsp3) is 0.500. The maximum absolute atomic E-state index is 13.0. The van der Waals surface area contributed by atoms with Gasteiger partial charge in [0, 0.05) is 25.4 Å². The Hall–Kier alpha value is -2.28. The molecule has 0 bridgehead atoms. The molecule has 0 radical (unpaired) electrons. The molecular weight excluding hydrogens is 321 g/mol. The van der Waals surface area contributed by atoms with E-state index in [0.717, 1.165) is 32.5 Å². The smallest absolute Gasteiger partial charge is 0.225 e. The maximum atomic E-state index is 13.0. The summed E-state index contributed by atoms with van der Waals surface area (Å²) < 4.78 is 18.8. The van der Waals surface area contributed by atoms with Gasteiger partial charge in [0.05, 0.1) is 24.5 Å². The Morgan fingerprint density at radius 2 is 2.04 bits per heavy atom. The lowest BCUT2D eigenvalue weighted by Crippen LogP contribution is -2.72. The van der Waals surface area contributed by atoms with Gasteiger partial charge >= 0.3 is 0 Å². The fourth-order valence-corrected chi connectivity index (χ4v) is 3.83. The molecule has 0 aromatic carbocycles. The van der Waals surface area contributed by atoms with Crippen LogP contribution in [0, 0.1) is 11.7 Å². The minimum atomic E-state index is -0.402. The van der Waals surface area contributed by atoms with E-state index in [0.29, 0.717) is 24.4 Å². The number of likely N-dealkylation sites (N-methyl/N-ethyl adjacent to an activating group) is 1. The minimum absolute atomic E-state index is 0.133. The first-order valence-corrected chi connectivity index (χ1v) is 8.62. The Morgan fingerprint density at radius 1 is 1.24 bits per heavy atom. The first-order valence-electron chi connectivity index (χ1n) is 8.62. The number of halogens is 1. The number of anilines is 1. The van der Waals surface area contributed by atoms with Crippen molar-refractivity contribution in [3.8, 4) is 5.88 Å². The normalized spacial score (nSPS) is 22.6. The van der Waals surface area contributed by atoms with Crippen LogP contribution in [-0.2, 0) is 0 Å². The second-order valence-corrected chi connectivity index (χ2v) is 7.04. The van der Waals surface area contributed by atoms with Gasteiger partial charge in [0.15, 0.2) is 5.82 Å². The van der Waals surface area contributed by atoms with Gasteiger partial charge in [-0.2, -0.15) is 0 Å². The number of pyridine rings is 1. The predicted octanol–water partition coefficient (Wildman–Crippen LogP) is 1.99. The SMILES string of the molecule is CN1CCC(COc2ccccn2)CC12CN(c1ncc(F)cn1)C2. The van der Waals surface area contributed by atoms with Crippen LogP contribution in [-0.4, -0.2) is 58.7 Å². The molecule has 1 unspecified atom stereocenters. The lowest BCUT2D eigenvalue weighted by molar-refractivity contribution is 0.00520. The summed E-state index contributed by atoms with van der Waals surface area (Å²) in [4.78, 5) is 16.9. The Balaban J connectivity index is 1.36. The van der Waals surface area contributed by atoms with Crippen molar-refractivity contribution in [3.05, 3.63) is 42.6 Å². The largest absolute Gasteiger partial charge is 0.477 e. The Kier molecular flexibility index (Phi) is 4.25. The van der Waals surface area contributed by atoms with Crippen LogP contribution in [0.15, 0.2) is 36.8 Å². The van der Waals surface area contributed by atoms with Crippen molar-refractivity contribution in [1.29, 1.82) is 0 Å². The molecule has 2 fully saturated rings. The molecule has 2 aromatic heterocycles. The van der Waals surface area contributed by atoms with Crippen molar-refractivity contribution in [2.75, 3.05) is 38.2 Å². The van der Waals surface area contributed by atoms with E-state index < -0.39 is 5.82 Å². The van der Waals surface area contributed by atoms with Crippen LogP contribution in [0.1, 0.15) is 12.8 Å². The highest BCUT2D eigenvalue weighted by molar-refractivity contribution is 5.38. The molecule has 2 saturated heterocycles. The van der Waals surface area contributed by atoms with Gasteiger partial charge in [-0.3, -0.25) is 4.90 Å². The fourth-order valence-electron chi connectivity index (χ4n) is 3.83. The summed E-state index contributed by atoms with van der Waals surface area (Å²) in [6, 6.07) is 5.71. The molecule has 0 amide bonds. The van der Waals surface area contributed by atoms with E-state index in [2.05, 4.69) is 31.8 Å². The summed E-state index contributed by atoms with van der Waals surface area (Å²) in [6.07, 6.45) is 6.40. The van der Waals surface area contributed by atoms with Gasteiger partial charge in [-0.25, -0.2) is 19.3 Å². The lowest BCUT2D eigenvalue weighted by atomic mass is 9.75. The van der Waals surface area contributed by atoms with Crippen molar-refractivity contribution in [1.82, 2.24) is 19.9 Å². The van der Waals surface area contributed by atoms with Crippen LogP contribution in [0.5, 0.6) is 5.88 Å². The van der Waals surface area contributed by atoms with Gasteiger partial charge in [0.1, 0.15) is 0 Å². The highest BCUT2D eigenvalue weighted by Gasteiger charge is 2.50. The van der Waals surface area contributed by atoms with E-state index in [1.807, 2.05) is 18.2 Å². The molecule has 132 valence electrons. The Bertz CT molecular complexity index is 705. The zero-order valence-corrected chi connectivity index (χ0v) is 14.3. The molecule has 2 aliphatic heterocycles. The molecule has 7 heteroatoms. The third-order valence-electron chi connectivity index (χ3n) is 5.32. The standard InChI is InChI=1S/C18H22FN5O/c1-23-7-5-14(11-25-16-4-2-3-6-20-16)8-18(23)12-24(13-18)17-21-9-15(19)10-22-17/h2-4,6,9-10,14H,5,7-8,11-13H2,1H3. The van der Waals surface area contributed by atoms with Gasteiger partial charge in [-0.1, -0.05) is 6.07 Å². The quantitative estimate of drug-likeness (QED) is 0.846. The van der Waals surface area contributed by atoms with Crippen LogP contribution in [0.25, 0.3) is 0 Å². The molecule has 2 aromatic rings. The third-order valence-corrected chi connectivity index (χ3v) is 5.32. The van der Waals surface area contributed by atoms with Crippen molar-refractivity contribution in [2.24, 2.45) is 5.92 Å². The monoisotopic (exact) mass is 343 g/mol. The third kappa shape index (κ3) is 3.28. The summed E-state index contributed by atoms with van der Waals surface area (Å²) in [5, 5.41) is 0. The number of nitrogens with zero attached hydrogens (tertiary/aromatic N) is 5. The van der Waals surface area contributed by atoms with Crippen molar-refractivity contribution < 1.29 is 9.13 Å². The molecule has 0 aliphatic carbocycles. The van der Waals surface area contributed by atoms with Crippen LogP contribution >= 0.6 is 0 Å². The first-order chi connectivity index (χ1) is 12.1. The molecule has 4 heterocycles. The van der Waals surface area contributed by atoms with E-state index in [-0.39, 0.29) is 5.54 Å². The maximum Gasteiger partial charge on any atom is 0.225 e. The first kappa shape index (κ1) is 16.2. The van der Waals surface area contributed by atoms with Gasteiger partial charge < -0.3 is 9.64 Å². The summed E-state index contributed by atoms with van der Waals surface area (Å²) in [7, 11) is 2.18. The molecule has 0 N–H and O–H groups in total. The topological polar surface area (TPSA) is 54.4 Å². The van der Waals surface area contributed by atoms with Crippen molar-refractivity contribution in [2.45, 2.75) is 18.4 Å². The van der Waals surface area contributed by atoms with Gasteiger partial charge in [0.2, 0.25) is 11.8 Å². The number of rotatable bonds is 4. The molecule has 6 nitrogen and oxygen atoms in total. The zero-order chi connectivity index (χ0) is 17.3. The highest BCUT2D eigenvalue weighted by atomic mass is 19.1. The van der Waals surface area contributed by atoms with Crippen LogP contribution in [0.2, 0.25) is 0 Å². The number of likely N-dealkylation sites (tertiary alicyclic amines) is 1. The predicted molar refractivity (Wildman–Crippen MR) is 92.0 cm³/mol. The highest BCUT2D eigenvalue weighted by Crippen LogP contribution is 2.39. The second-order valence-electron chi connectivity index (χ2n) is 7.04. The molecule has 1 atom stereocenters. The van der Waals surface area contributed by atoms with E-state index in [1.54, 1.807) is 6.20 Å². The van der Waals surface area contributed by atoms with Crippen LogP contribution in [0.4, 0.5) is 10.3 Å². The zero-order valence-electron chi connectivity index (χ0n) is 14.3. The number of ether oxygens (including phenoxy) is 1. The van der Waals surface area contributed by atoms with Crippen LogP contribution in [0.3, 0.4) is 0 Å².